The van der Waals surface area contributed by atoms with Crippen molar-refractivity contribution >= 4 is 34.9 Å². The number of carbonyl (C=O) groups excluding carboxylic acids is 5. The largest absolute Gasteiger partial charge is 0.507 e. The Morgan fingerprint density at radius 2 is 1.58 bits per heavy atom. The van der Waals surface area contributed by atoms with E-state index < -0.39 is 118 Å². The molecule has 6 atom stereocenters. The van der Waals surface area contributed by atoms with Crippen molar-refractivity contribution in [1.82, 2.24) is 5.32 Å². The fourth-order valence-electron chi connectivity index (χ4n) is 6.86. The molecule has 3 aliphatic rings. The number of aliphatic hydroxyl groups is 1. The predicted molar refractivity (Wildman–Crippen MR) is 170 cm³/mol. The summed E-state index contributed by atoms with van der Waals surface area (Å²) in [5, 5.41) is 47.2. The van der Waals surface area contributed by atoms with Crippen LogP contribution >= 0.6 is 0 Å². The number of carbonyl (C=O) groups is 5. The van der Waals surface area contributed by atoms with Crippen LogP contribution in [0.4, 0.5) is 18.9 Å². The van der Waals surface area contributed by atoms with Gasteiger partial charge in [0, 0.05) is 53.6 Å². The minimum Gasteiger partial charge on any atom is -0.507 e. The smallest absolute Gasteiger partial charge is 0.471 e. The number of rotatable bonds is 7. The molecule has 3 aromatic rings. The summed E-state index contributed by atoms with van der Waals surface area (Å²) in [7, 11) is 0. The van der Waals surface area contributed by atoms with Gasteiger partial charge in [0.25, 0.3) is 5.69 Å². The number of ketones is 3. The Balaban J connectivity index is 1.35. The van der Waals surface area contributed by atoms with Gasteiger partial charge in [-0.2, -0.15) is 13.2 Å². The van der Waals surface area contributed by atoms with Crippen LogP contribution in [0, 0.1) is 10.1 Å². The molecule has 1 saturated heterocycles. The third kappa shape index (κ3) is 6.60. The Bertz CT molecular complexity index is 2080. The number of nitro groups is 1. The van der Waals surface area contributed by atoms with Gasteiger partial charge in [-0.3, -0.25) is 29.3 Å². The topological polar surface area (TPSA) is 229 Å². The molecule has 0 saturated carbocycles. The molecule has 1 aliphatic heterocycles. The van der Waals surface area contributed by atoms with Gasteiger partial charge in [-0.1, -0.05) is 24.3 Å². The standard InChI is InChI=1S/C35H29F3N2O13/c1-14-31(53-32(46)16-7-9-17(10-8-16)40(49)50)21(39-33(47)35(36,37)38)11-23(51-14)52-22-13-34(48,15(2)41)12-20-24(22)30(45)26-25(29(20)44)27(42)18-5-3-4-6-19(18)28(26)43/h3-10,14,21-23,31,44-45,48H,11-13H2,1-2H3,(H,39,47)/t14?,21?,22-,23?,31?,34-/m0/s1. The number of benzene rings is 3. The molecule has 278 valence electrons. The summed E-state index contributed by atoms with van der Waals surface area (Å²) in [4.78, 5) is 75.2. The summed E-state index contributed by atoms with van der Waals surface area (Å²) in [6.45, 7) is 2.31. The molecule has 0 spiro atoms. The number of alkyl halides is 3. The number of non-ortho nitro benzene ring substituents is 1. The lowest BCUT2D eigenvalue weighted by Crippen LogP contribution is -2.59. The van der Waals surface area contributed by atoms with Crippen molar-refractivity contribution in [3.63, 3.8) is 0 Å². The first-order valence-corrected chi connectivity index (χ1v) is 16.0. The number of hydrogen-bond donors (Lipinski definition) is 4. The van der Waals surface area contributed by atoms with E-state index in [2.05, 4.69) is 0 Å². The fourth-order valence-corrected chi connectivity index (χ4v) is 6.86. The molecular weight excluding hydrogens is 713 g/mol. The lowest BCUT2D eigenvalue weighted by atomic mass is 9.72. The Morgan fingerprint density at radius 1 is 1.00 bits per heavy atom. The second-order valence-corrected chi connectivity index (χ2v) is 12.9. The summed E-state index contributed by atoms with van der Waals surface area (Å²) < 4.78 is 57.6. The van der Waals surface area contributed by atoms with Crippen LogP contribution in [0.5, 0.6) is 11.5 Å². The maximum atomic E-state index is 13.6. The highest BCUT2D eigenvalue weighted by Crippen LogP contribution is 2.52. The number of Topliss-reactive ketones (excluding diaryl/α,β-unsaturated/α-hetero) is 1. The van der Waals surface area contributed by atoms with Crippen molar-refractivity contribution in [2.45, 2.75) is 75.5 Å². The second kappa shape index (κ2) is 13.4. The Morgan fingerprint density at radius 3 is 2.13 bits per heavy atom. The van der Waals surface area contributed by atoms with Gasteiger partial charge in [-0.15, -0.1) is 0 Å². The summed E-state index contributed by atoms with van der Waals surface area (Å²) in [6, 6.07) is 8.11. The fraction of sp³-hybridized carbons (Fsp3) is 0.343. The molecule has 15 nitrogen and oxygen atoms in total. The number of nitrogens with one attached hydrogen (secondary N) is 1. The molecule has 4 N–H and O–H groups in total. The highest BCUT2D eigenvalue weighted by Gasteiger charge is 2.51. The van der Waals surface area contributed by atoms with Crippen molar-refractivity contribution in [3.05, 3.63) is 97.6 Å². The van der Waals surface area contributed by atoms with Crippen molar-refractivity contribution in [3.8, 4) is 11.5 Å². The molecule has 2 aliphatic carbocycles. The quantitative estimate of drug-likeness (QED) is 0.0921. The van der Waals surface area contributed by atoms with Gasteiger partial charge in [0.15, 0.2) is 23.6 Å². The number of halogens is 3. The Hall–Kier alpha value is -5.72. The van der Waals surface area contributed by atoms with Crippen LogP contribution < -0.4 is 5.32 Å². The molecule has 0 aromatic heterocycles. The first-order chi connectivity index (χ1) is 24.8. The minimum atomic E-state index is -5.38. The van der Waals surface area contributed by atoms with Crippen molar-refractivity contribution < 1.29 is 71.6 Å². The summed E-state index contributed by atoms with van der Waals surface area (Å²) >= 11 is 0. The van der Waals surface area contributed by atoms with E-state index in [1.54, 1.807) is 5.32 Å². The van der Waals surface area contributed by atoms with E-state index in [9.17, 15) is 62.6 Å². The molecule has 1 amide bonds. The number of nitrogens with zero attached hydrogens (tertiary/aromatic N) is 1. The zero-order valence-corrected chi connectivity index (χ0v) is 27.6. The van der Waals surface area contributed by atoms with Crippen LogP contribution in [-0.4, -0.2) is 85.8 Å². The number of fused-ring (bicyclic) bond motifs is 3. The van der Waals surface area contributed by atoms with Gasteiger partial charge in [0.1, 0.15) is 23.2 Å². The molecule has 6 rings (SSSR count). The van der Waals surface area contributed by atoms with Gasteiger partial charge in [0.05, 0.1) is 39.9 Å². The average Bonchev–Trinajstić information content (AvgIpc) is 3.09. The first kappa shape index (κ1) is 37.1. The molecule has 3 aromatic carbocycles. The molecule has 1 heterocycles. The number of ether oxygens (including phenoxy) is 3. The lowest BCUT2D eigenvalue weighted by molar-refractivity contribution is -0.384. The number of aromatic hydroxyl groups is 2. The van der Waals surface area contributed by atoms with Crippen molar-refractivity contribution in [2.75, 3.05) is 0 Å². The SMILES string of the molecule is CC(=O)[C@]1(O)Cc2c(O)c3c(c(O)c2[C@@H](OC2CC(NC(=O)C(F)(F)F)C(OC(=O)c4ccc([N+](=O)[O-])cc4)C(C)O2)C1)C(=O)c1ccccc1C3=O. The molecule has 4 unspecified atom stereocenters. The average molecular weight is 743 g/mol. The van der Waals surface area contributed by atoms with Gasteiger partial charge in [-0.25, -0.2) is 4.79 Å². The van der Waals surface area contributed by atoms with Crippen LogP contribution in [0.25, 0.3) is 0 Å². The van der Waals surface area contributed by atoms with E-state index in [-0.39, 0.29) is 33.5 Å². The van der Waals surface area contributed by atoms with E-state index in [0.717, 1.165) is 31.2 Å². The number of esters is 1. The van der Waals surface area contributed by atoms with E-state index >= 15 is 0 Å². The van der Waals surface area contributed by atoms with E-state index in [1.165, 1.54) is 31.2 Å². The number of phenolic OH excluding ortho intramolecular Hbond substituents is 2. The highest BCUT2D eigenvalue weighted by atomic mass is 19.4. The van der Waals surface area contributed by atoms with Crippen LogP contribution in [0.15, 0.2) is 48.5 Å². The third-order valence-corrected chi connectivity index (χ3v) is 9.55. The number of nitro benzene ring substituents is 1. The molecule has 0 radical (unpaired) electrons. The number of phenols is 2. The first-order valence-electron chi connectivity index (χ1n) is 16.0. The summed E-state index contributed by atoms with van der Waals surface area (Å²) in [6.07, 6.45) is -13.4. The molecule has 0 bridgehead atoms. The molecule has 18 heteroatoms. The maximum Gasteiger partial charge on any atom is 0.471 e. The van der Waals surface area contributed by atoms with Crippen LogP contribution in [0.1, 0.15) is 86.1 Å². The zero-order valence-electron chi connectivity index (χ0n) is 27.6. The van der Waals surface area contributed by atoms with Crippen molar-refractivity contribution in [1.29, 1.82) is 0 Å². The zero-order chi connectivity index (χ0) is 38.7. The van der Waals surface area contributed by atoms with Crippen LogP contribution in [-0.2, 0) is 30.2 Å². The number of hydrogen-bond acceptors (Lipinski definition) is 13. The van der Waals surface area contributed by atoms with E-state index in [0.29, 0.717) is 0 Å². The van der Waals surface area contributed by atoms with Gasteiger partial charge in [0.2, 0.25) is 0 Å². The molecular formula is C35H29F3N2O13. The van der Waals surface area contributed by atoms with Gasteiger partial charge < -0.3 is 34.8 Å². The molecule has 1 fully saturated rings. The van der Waals surface area contributed by atoms with E-state index in [4.69, 9.17) is 14.2 Å². The summed E-state index contributed by atoms with van der Waals surface area (Å²) in [5.74, 6) is -7.60. The van der Waals surface area contributed by atoms with Crippen LogP contribution in [0.2, 0.25) is 0 Å². The van der Waals surface area contributed by atoms with Crippen LogP contribution in [0.3, 0.4) is 0 Å². The van der Waals surface area contributed by atoms with Crippen molar-refractivity contribution in [2.24, 2.45) is 0 Å². The van der Waals surface area contributed by atoms with Gasteiger partial charge in [-0.05, 0) is 26.0 Å². The second-order valence-electron chi connectivity index (χ2n) is 12.9. The highest BCUT2D eigenvalue weighted by molar-refractivity contribution is 6.30. The normalized spacial score (nSPS) is 25.1. The molecule has 53 heavy (non-hydrogen) atoms. The Kier molecular flexibility index (Phi) is 9.34. The minimum absolute atomic E-state index is 0.0644. The third-order valence-electron chi connectivity index (χ3n) is 9.55. The lowest BCUT2D eigenvalue weighted by Gasteiger charge is -2.43. The van der Waals surface area contributed by atoms with E-state index in [1.807, 2.05) is 0 Å². The Labute approximate surface area is 296 Å². The van der Waals surface area contributed by atoms with Gasteiger partial charge >= 0.3 is 18.1 Å². The predicted octanol–water partition coefficient (Wildman–Crippen LogP) is 3.51. The monoisotopic (exact) mass is 742 g/mol. The number of amides is 1. The summed E-state index contributed by atoms with van der Waals surface area (Å²) in [5.41, 5.74) is -4.72. The maximum absolute atomic E-state index is 13.6.